The van der Waals surface area contributed by atoms with E-state index in [0.29, 0.717) is 17.4 Å². The molecule has 1 aliphatic heterocycles. The van der Waals surface area contributed by atoms with Crippen molar-refractivity contribution in [2.45, 2.75) is 48.0 Å². The van der Waals surface area contributed by atoms with Gasteiger partial charge < -0.3 is 4.90 Å². The van der Waals surface area contributed by atoms with E-state index in [-0.39, 0.29) is 5.78 Å². The molecule has 1 rings (SSSR count). The molecule has 0 bridgehead atoms. The smallest absolute Gasteiger partial charge is 0.143 e. The molecular weight excluding hydrogens is 236 g/mol. The second-order valence-electron chi connectivity index (χ2n) is 8.16. The molecule has 3 nitrogen and oxygen atoms in total. The van der Waals surface area contributed by atoms with Crippen molar-refractivity contribution >= 4 is 5.78 Å². The molecule has 1 aliphatic rings. The van der Waals surface area contributed by atoms with Crippen molar-refractivity contribution in [1.29, 1.82) is 0 Å². The van der Waals surface area contributed by atoms with Crippen molar-refractivity contribution in [2.75, 3.05) is 39.3 Å². The molecule has 0 radical (unpaired) electrons. The molecular formula is C16H32N2O. The zero-order valence-electron chi connectivity index (χ0n) is 13.8. The van der Waals surface area contributed by atoms with Crippen LogP contribution in [-0.2, 0) is 4.79 Å². The Morgan fingerprint density at radius 1 is 0.947 bits per heavy atom. The average molecular weight is 268 g/mol. The quantitative estimate of drug-likeness (QED) is 0.766. The molecule has 3 heteroatoms. The summed E-state index contributed by atoms with van der Waals surface area (Å²) in [5.74, 6) is 0.279. The normalized spacial score (nSPS) is 19.7. The lowest BCUT2D eigenvalue weighted by atomic mass is 9.76. The number of hydrogen-bond donors (Lipinski definition) is 0. The van der Waals surface area contributed by atoms with Crippen LogP contribution in [0.1, 0.15) is 48.0 Å². The van der Waals surface area contributed by atoms with E-state index in [0.717, 1.165) is 32.7 Å². The van der Waals surface area contributed by atoms with Gasteiger partial charge in [-0.15, -0.1) is 0 Å². The third-order valence-electron chi connectivity index (χ3n) is 3.57. The summed E-state index contributed by atoms with van der Waals surface area (Å²) in [6.07, 6.45) is 1.24. The molecule has 0 amide bonds. The Kier molecular flexibility index (Phi) is 5.57. The summed E-state index contributed by atoms with van der Waals surface area (Å²) in [6, 6.07) is 0. The van der Waals surface area contributed by atoms with Gasteiger partial charge in [-0.2, -0.15) is 0 Å². The van der Waals surface area contributed by atoms with E-state index in [2.05, 4.69) is 44.4 Å². The Balaban J connectivity index is 2.38. The van der Waals surface area contributed by atoms with Crippen LogP contribution in [0, 0.1) is 10.8 Å². The van der Waals surface area contributed by atoms with Crippen molar-refractivity contribution in [3.8, 4) is 0 Å². The maximum Gasteiger partial charge on any atom is 0.143 e. The van der Waals surface area contributed by atoms with Gasteiger partial charge in [-0.25, -0.2) is 0 Å². The highest BCUT2D eigenvalue weighted by molar-refractivity contribution is 5.77. The van der Waals surface area contributed by atoms with Crippen LogP contribution in [0.25, 0.3) is 0 Å². The number of piperazine rings is 1. The molecule has 0 aromatic rings. The SMILES string of the molecule is CC(=O)CN1CCN(CC(C)(C)CC(C)(C)C)CC1. The Morgan fingerprint density at radius 3 is 1.84 bits per heavy atom. The number of ketones is 1. The molecule has 1 heterocycles. The summed E-state index contributed by atoms with van der Waals surface area (Å²) >= 11 is 0. The lowest BCUT2D eigenvalue weighted by Gasteiger charge is -2.40. The van der Waals surface area contributed by atoms with Gasteiger partial charge in [0.2, 0.25) is 0 Å². The molecule has 0 unspecified atom stereocenters. The summed E-state index contributed by atoms with van der Waals surface area (Å²) in [5.41, 5.74) is 0.751. The van der Waals surface area contributed by atoms with E-state index in [4.69, 9.17) is 0 Å². The van der Waals surface area contributed by atoms with E-state index in [1.165, 1.54) is 6.42 Å². The fourth-order valence-corrected chi connectivity index (χ4v) is 3.52. The molecule has 1 fully saturated rings. The lowest BCUT2D eigenvalue weighted by molar-refractivity contribution is -0.118. The average Bonchev–Trinajstić information content (AvgIpc) is 2.15. The minimum absolute atomic E-state index is 0.279. The van der Waals surface area contributed by atoms with Crippen molar-refractivity contribution < 1.29 is 4.79 Å². The van der Waals surface area contributed by atoms with Gasteiger partial charge in [0.25, 0.3) is 0 Å². The van der Waals surface area contributed by atoms with E-state index in [1.54, 1.807) is 6.92 Å². The molecule has 0 N–H and O–H groups in total. The first-order valence-electron chi connectivity index (χ1n) is 7.52. The van der Waals surface area contributed by atoms with Gasteiger partial charge in [0.05, 0.1) is 6.54 Å². The molecule has 0 aromatic carbocycles. The zero-order chi connectivity index (χ0) is 14.7. The first-order valence-corrected chi connectivity index (χ1v) is 7.52. The third-order valence-corrected chi connectivity index (χ3v) is 3.57. The van der Waals surface area contributed by atoms with Crippen molar-refractivity contribution in [1.82, 2.24) is 9.80 Å². The molecule has 0 saturated carbocycles. The minimum atomic E-state index is 0.279. The maximum absolute atomic E-state index is 11.1. The van der Waals surface area contributed by atoms with Gasteiger partial charge in [-0.3, -0.25) is 9.69 Å². The Morgan fingerprint density at radius 2 is 1.42 bits per heavy atom. The molecule has 0 aromatic heterocycles. The van der Waals surface area contributed by atoms with Crippen LogP contribution in [0.4, 0.5) is 0 Å². The van der Waals surface area contributed by atoms with Crippen molar-refractivity contribution in [3.05, 3.63) is 0 Å². The van der Waals surface area contributed by atoms with Crippen molar-refractivity contribution in [2.24, 2.45) is 10.8 Å². The maximum atomic E-state index is 11.1. The topological polar surface area (TPSA) is 23.6 Å². The summed E-state index contributed by atoms with van der Waals surface area (Å²) in [5, 5.41) is 0. The van der Waals surface area contributed by atoms with Crippen LogP contribution in [0.3, 0.4) is 0 Å². The van der Waals surface area contributed by atoms with Crippen LogP contribution < -0.4 is 0 Å². The van der Waals surface area contributed by atoms with Gasteiger partial charge in [0.1, 0.15) is 5.78 Å². The largest absolute Gasteiger partial charge is 0.300 e. The fraction of sp³-hybridized carbons (Fsp3) is 0.938. The molecule has 0 atom stereocenters. The van der Waals surface area contributed by atoms with Crippen LogP contribution in [0.5, 0.6) is 0 Å². The van der Waals surface area contributed by atoms with Crippen molar-refractivity contribution in [3.63, 3.8) is 0 Å². The second-order valence-corrected chi connectivity index (χ2v) is 8.16. The predicted octanol–water partition coefficient (Wildman–Crippen LogP) is 2.66. The van der Waals surface area contributed by atoms with Crippen LogP contribution in [0.15, 0.2) is 0 Å². The predicted molar refractivity (Wildman–Crippen MR) is 81.4 cm³/mol. The van der Waals surface area contributed by atoms with Gasteiger partial charge in [-0.1, -0.05) is 34.6 Å². The number of Topliss-reactive ketones (excluding diaryl/α,β-unsaturated/α-hetero) is 1. The standard InChI is InChI=1S/C16H32N2O/c1-14(19)11-17-7-9-18(10-8-17)13-16(5,6)12-15(2,3)4/h7-13H2,1-6H3. The number of carbonyl (C=O) groups excluding carboxylic acids is 1. The summed E-state index contributed by atoms with van der Waals surface area (Å²) in [6.45, 7) is 19.4. The van der Waals surface area contributed by atoms with Crippen LogP contribution >= 0.6 is 0 Å². The van der Waals surface area contributed by atoms with E-state index in [9.17, 15) is 4.79 Å². The number of carbonyl (C=O) groups is 1. The highest BCUT2D eigenvalue weighted by atomic mass is 16.1. The monoisotopic (exact) mass is 268 g/mol. The first-order chi connectivity index (χ1) is 8.57. The summed E-state index contributed by atoms with van der Waals surface area (Å²) in [7, 11) is 0. The highest BCUT2D eigenvalue weighted by Gasteiger charge is 2.29. The zero-order valence-corrected chi connectivity index (χ0v) is 13.8. The van der Waals surface area contributed by atoms with Crippen LogP contribution in [0.2, 0.25) is 0 Å². The highest BCUT2D eigenvalue weighted by Crippen LogP contribution is 2.33. The molecule has 0 spiro atoms. The number of hydrogen-bond acceptors (Lipinski definition) is 3. The Bertz CT molecular complexity index is 296. The minimum Gasteiger partial charge on any atom is -0.300 e. The van der Waals surface area contributed by atoms with Gasteiger partial charge in [0, 0.05) is 32.7 Å². The molecule has 112 valence electrons. The summed E-state index contributed by atoms with van der Waals surface area (Å²) < 4.78 is 0. The fourth-order valence-electron chi connectivity index (χ4n) is 3.52. The second kappa shape index (κ2) is 6.36. The van der Waals surface area contributed by atoms with Crippen LogP contribution in [-0.4, -0.2) is 54.9 Å². The number of rotatable bonds is 5. The van der Waals surface area contributed by atoms with Gasteiger partial charge in [0.15, 0.2) is 0 Å². The van der Waals surface area contributed by atoms with Gasteiger partial charge >= 0.3 is 0 Å². The molecule has 19 heavy (non-hydrogen) atoms. The third kappa shape index (κ3) is 7.07. The number of nitrogens with zero attached hydrogens (tertiary/aromatic N) is 2. The Labute approximate surface area is 119 Å². The summed E-state index contributed by atoms with van der Waals surface area (Å²) in [4.78, 5) is 16.0. The Hall–Kier alpha value is -0.410. The van der Waals surface area contributed by atoms with E-state index < -0.39 is 0 Å². The van der Waals surface area contributed by atoms with Gasteiger partial charge in [-0.05, 0) is 24.2 Å². The first kappa shape index (κ1) is 16.6. The molecule has 0 aliphatic carbocycles. The van der Waals surface area contributed by atoms with E-state index >= 15 is 0 Å². The van der Waals surface area contributed by atoms with E-state index in [1.807, 2.05) is 0 Å². The lowest BCUT2D eigenvalue weighted by Crippen LogP contribution is -2.50. The molecule has 1 saturated heterocycles.